The Morgan fingerprint density at radius 2 is 2.17 bits per heavy atom. The molecule has 1 aliphatic heterocycles. The second kappa shape index (κ2) is 6.71. The molecule has 0 aromatic carbocycles. The largest absolute Gasteiger partial charge is 0.506 e. The number of rotatable bonds is 5. The molecule has 0 saturated carbocycles. The Labute approximate surface area is 109 Å². The third-order valence-electron chi connectivity index (χ3n) is 3.60. The molecular formula is C14H23N3O. The zero-order chi connectivity index (χ0) is 12.8. The van der Waals surface area contributed by atoms with Crippen LogP contribution in [-0.4, -0.2) is 41.2 Å². The number of nitrogens with zero attached hydrogens (tertiary/aromatic N) is 2. The Morgan fingerprint density at radius 3 is 2.83 bits per heavy atom. The van der Waals surface area contributed by atoms with Crippen LogP contribution in [0.15, 0.2) is 18.3 Å². The van der Waals surface area contributed by atoms with Gasteiger partial charge in [-0.2, -0.15) is 0 Å². The molecular weight excluding hydrogens is 226 g/mol. The lowest BCUT2D eigenvalue weighted by molar-refractivity contribution is 0.193. The van der Waals surface area contributed by atoms with Crippen molar-refractivity contribution in [3.63, 3.8) is 0 Å². The van der Waals surface area contributed by atoms with Crippen LogP contribution in [0.4, 0.5) is 0 Å². The number of hydrogen-bond donors (Lipinski definition) is 2. The van der Waals surface area contributed by atoms with Crippen LogP contribution in [0.3, 0.4) is 0 Å². The van der Waals surface area contributed by atoms with Crippen LogP contribution < -0.4 is 5.32 Å². The molecule has 4 nitrogen and oxygen atoms in total. The number of aromatic nitrogens is 1. The first kappa shape index (κ1) is 13.3. The molecule has 0 aliphatic carbocycles. The van der Waals surface area contributed by atoms with E-state index >= 15 is 0 Å². The molecule has 100 valence electrons. The van der Waals surface area contributed by atoms with Crippen molar-refractivity contribution in [2.45, 2.75) is 26.3 Å². The van der Waals surface area contributed by atoms with Gasteiger partial charge in [0.15, 0.2) is 0 Å². The average molecular weight is 249 g/mol. The Kier molecular flexibility index (Phi) is 4.96. The van der Waals surface area contributed by atoms with E-state index in [2.05, 4.69) is 22.1 Å². The molecule has 0 bridgehead atoms. The van der Waals surface area contributed by atoms with E-state index in [4.69, 9.17) is 5.11 Å². The van der Waals surface area contributed by atoms with Gasteiger partial charge in [-0.05, 0) is 44.0 Å². The maximum atomic E-state index is 9.13. The van der Waals surface area contributed by atoms with Crippen LogP contribution in [0.2, 0.25) is 0 Å². The monoisotopic (exact) mass is 249 g/mol. The molecule has 4 heteroatoms. The predicted octanol–water partition coefficient (Wildman–Crippen LogP) is 1.61. The summed E-state index contributed by atoms with van der Waals surface area (Å²) in [5.74, 6) is 1.12. The standard InChI is InChI=1S/C14H23N3O/c1-12-4-7-17(8-5-12)9-6-15-10-13-2-3-14(18)11-16-13/h2-3,11-12,15,18H,4-10H2,1H3. The Balaban J connectivity index is 1.60. The van der Waals surface area contributed by atoms with Crippen molar-refractivity contribution in [2.24, 2.45) is 5.92 Å². The first-order chi connectivity index (χ1) is 8.74. The molecule has 2 rings (SSSR count). The van der Waals surface area contributed by atoms with Gasteiger partial charge in [0.25, 0.3) is 0 Å². The third kappa shape index (κ3) is 4.27. The lowest BCUT2D eigenvalue weighted by atomic mass is 9.99. The highest BCUT2D eigenvalue weighted by molar-refractivity contribution is 5.17. The lowest BCUT2D eigenvalue weighted by Crippen LogP contribution is -2.37. The SMILES string of the molecule is CC1CCN(CCNCc2ccc(O)cn2)CC1. The van der Waals surface area contributed by atoms with Crippen LogP contribution in [0.1, 0.15) is 25.5 Å². The molecule has 0 spiro atoms. The summed E-state index contributed by atoms with van der Waals surface area (Å²) in [6, 6.07) is 3.53. The lowest BCUT2D eigenvalue weighted by Gasteiger charge is -2.30. The van der Waals surface area contributed by atoms with Gasteiger partial charge in [0.05, 0.1) is 11.9 Å². The Bertz CT molecular complexity index is 345. The minimum Gasteiger partial charge on any atom is -0.506 e. The maximum absolute atomic E-state index is 9.13. The van der Waals surface area contributed by atoms with E-state index in [0.29, 0.717) is 0 Å². The number of likely N-dealkylation sites (tertiary alicyclic amines) is 1. The van der Waals surface area contributed by atoms with Crippen LogP contribution >= 0.6 is 0 Å². The normalized spacial score (nSPS) is 18.1. The van der Waals surface area contributed by atoms with E-state index in [-0.39, 0.29) is 5.75 Å². The topological polar surface area (TPSA) is 48.4 Å². The highest BCUT2D eigenvalue weighted by Crippen LogP contribution is 2.15. The molecule has 1 aliphatic rings. The molecule has 0 amide bonds. The molecule has 1 aromatic heterocycles. The van der Waals surface area contributed by atoms with Crippen molar-refractivity contribution in [3.8, 4) is 5.75 Å². The molecule has 2 N–H and O–H groups in total. The predicted molar refractivity (Wildman–Crippen MR) is 72.4 cm³/mol. The van der Waals surface area contributed by atoms with Gasteiger partial charge in [-0.1, -0.05) is 6.92 Å². The number of hydrogen-bond acceptors (Lipinski definition) is 4. The summed E-state index contributed by atoms with van der Waals surface area (Å²) >= 11 is 0. The third-order valence-corrected chi connectivity index (χ3v) is 3.60. The van der Waals surface area contributed by atoms with Gasteiger partial charge in [-0.3, -0.25) is 4.98 Å². The summed E-state index contributed by atoms with van der Waals surface area (Å²) in [5.41, 5.74) is 0.972. The first-order valence-electron chi connectivity index (χ1n) is 6.81. The summed E-state index contributed by atoms with van der Waals surface area (Å²) in [7, 11) is 0. The Morgan fingerprint density at radius 1 is 1.39 bits per heavy atom. The highest BCUT2D eigenvalue weighted by Gasteiger charge is 2.14. The highest BCUT2D eigenvalue weighted by atomic mass is 16.3. The van der Waals surface area contributed by atoms with Crippen LogP contribution in [0, 0.1) is 5.92 Å². The van der Waals surface area contributed by atoms with Crippen molar-refractivity contribution >= 4 is 0 Å². The van der Waals surface area contributed by atoms with Crippen molar-refractivity contribution < 1.29 is 5.11 Å². The van der Waals surface area contributed by atoms with Gasteiger partial charge >= 0.3 is 0 Å². The number of nitrogens with one attached hydrogen (secondary N) is 1. The summed E-state index contributed by atoms with van der Waals surface area (Å²) in [6.07, 6.45) is 4.15. The number of aromatic hydroxyl groups is 1. The van der Waals surface area contributed by atoms with Gasteiger partial charge in [0.2, 0.25) is 0 Å². The second-order valence-corrected chi connectivity index (χ2v) is 5.21. The van der Waals surface area contributed by atoms with E-state index < -0.39 is 0 Å². The minimum atomic E-state index is 0.223. The van der Waals surface area contributed by atoms with Gasteiger partial charge in [-0.25, -0.2) is 0 Å². The zero-order valence-electron chi connectivity index (χ0n) is 11.1. The van der Waals surface area contributed by atoms with Crippen molar-refractivity contribution in [1.29, 1.82) is 0 Å². The smallest absolute Gasteiger partial charge is 0.133 e. The maximum Gasteiger partial charge on any atom is 0.133 e. The second-order valence-electron chi connectivity index (χ2n) is 5.21. The van der Waals surface area contributed by atoms with Crippen molar-refractivity contribution in [3.05, 3.63) is 24.0 Å². The van der Waals surface area contributed by atoms with Gasteiger partial charge < -0.3 is 15.3 Å². The van der Waals surface area contributed by atoms with E-state index in [9.17, 15) is 0 Å². The van der Waals surface area contributed by atoms with Gasteiger partial charge in [-0.15, -0.1) is 0 Å². The van der Waals surface area contributed by atoms with E-state index in [0.717, 1.165) is 31.2 Å². The zero-order valence-corrected chi connectivity index (χ0v) is 11.1. The minimum absolute atomic E-state index is 0.223. The van der Waals surface area contributed by atoms with E-state index in [1.54, 1.807) is 6.07 Å². The Hall–Kier alpha value is -1.13. The first-order valence-corrected chi connectivity index (χ1v) is 6.81. The van der Waals surface area contributed by atoms with Crippen molar-refractivity contribution in [1.82, 2.24) is 15.2 Å². The van der Waals surface area contributed by atoms with Crippen LogP contribution in [-0.2, 0) is 6.54 Å². The fraction of sp³-hybridized carbons (Fsp3) is 0.643. The van der Waals surface area contributed by atoms with Gasteiger partial charge in [0, 0.05) is 19.6 Å². The van der Waals surface area contributed by atoms with Crippen molar-refractivity contribution in [2.75, 3.05) is 26.2 Å². The molecule has 0 radical (unpaired) electrons. The summed E-state index contributed by atoms with van der Waals surface area (Å²) in [6.45, 7) is 7.69. The fourth-order valence-electron chi connectivity index (χ4n) is 2.26. The molecule has 1 aromatic rings. The number of piperidine rings is 1. The fourth-order valence-corrected chi connectivity index (χ4v) is 2.26. The summed E-state index contributed by atoms with van der Waals surface area (Å²) < 4.78 is 0. The van der Waals surface area contributed by atoms with Crippen LogP contribution in [0.25, 0.3) is 0 Å². The van der Waals surface area contributed by atoms with E-state index in [1.807, 2.05) is 6.07 Å². The molecule has 18 heavy (non-hydrogen) atoms. The van der Waals surface area contributed by atoms with Gasteiger partial charge in [0.1, 0.15) is 5.75 Å². The summed E-state index contributed by atoms with van der Waals surface area (Å²) in [4.78, 5) is 6.67. The molecule has 0 atom stereocenters. The van der Waals surface area contributed by atoms with E-state index in [1.165, 1.54) is 32.1 Å². The quantitative estimate of drug-likeness (QED) is 0.778. The van der Waals surface area contributed by atoms with Crippen LogP contribution in [0.5, 0.6) is 5.75 Å². The summed E-state index contributed by atoms with van der Waals surface area (Å²) in [5, 5.41) is 12.5. The molecule has 1 fully saturated rings. The average Bonchev–Trinajstić information content (AvgIpc) is 2.39. The number of pyridine rings is 1. The molecule has 2 heterocycles. The molecule has 0 unspecified atom stereocenters. The molecule has 1 saturated heterocycles.